The Morgan fingerprint density at radius 2 is 1.68 bits per heavy atom. The first-order chi connectivity index (χ1) is 8.97. The molecule has 1 fully saturated rings. The molecule has 0 aromatic heterocycles. The first kappa shape index (κ1) is 14.3. The first-order valence-electron chi connectivity index (χ1n) is 6.69. The van der Waals surface area contributed by atoms with Crippen molar-refractivity contribution in [3.63, 3.8) is 0 Å². The lowest BCUT2D eigenvalue weighted by Gasteiger charge is -2.37. The van der Waals surface area contributed by atoms with Crippen molar-refractivity contribution in [2.75, 3.05) is 32.1 Å². The second kappa shape index (κ2) is 5.88. The minimum atomic E-state index is 0.239. The molecule has 3 nitrogen and oxygen atoms in total. The Balaban J connectivity index is 2.10. The third kappa shape index (κ3) is 3.45. The molecule has 0 spiro atoms. The zero-order chi connectivity index (χ0) is 14.0. The molecule has 0 amide bonds. The van der Waals surface area contributed by atoms with E-state index in [1.165, 1.54) is 5.69 Å². The van der Waals surface area contributed by atoms with Crippen molar-refractivity contribution in [1.29, 1.82) is 0 Å². The minimum absolute atomic E-state index is 0.239. The van der Waals surface area contributed by atoms with Crippen LogP contribution in [0.3, 0.4) is 0 Å². The van der Waals surface area contributed by atoms with Gasteiger partial charge in [-0.25, -0.2) is 0 Å². The maximum Gasteiger partial charge on any atom is 0.109 e. The lowest BCUT2D eigenvalue weighted by Crippen LogP contribution is -2.47. The summed E-state index contributed by atoms with van der Waals surface area (Å²) >= 11 is 5.61. The summed E-state index contributed by atoms with van der Waals surface area (Å²) in [6.45, 7) is 5.94. The van der Waals surface area contributed by atoms with Crippen LogP contribution in [0.5, 0.6) is 0 Å². The number of ether oxygens (including phenoxy) is 1. The van der Waals surface area contributed by atoms with Crippen molar-refractivity contribution in [3.8, 4) is 0 Å². The molecule has 1 saturated heterocycles. The number of rotatable bonds is 2. The van der Waals surface area contributed by atoms with Crippen molar-refractivity contribution in [3.05, 3.63) is 29.8 Å². The average molecular weight is 278 g/mol. The predicted octanol–water partition coefficient (Wildman–Crippen LogP) is 2.54. The molecular weight excluding hydrogens is 256 g/mol. The molecule has 1 aliphatic rings. The van der Waals surface area contributed by atoms with Crippen molar-refractivity contribution in [2.45, 2.75) is 26.1 Å². The van der Waals surface area contributed by atoms with Gasteiger partial charge in [-0.3, -0.25) is 0 Å². The SMILES string of the molecule is C[C@@H]1CN(C(=S)c2ccc(N(C)C)cc2)C[C@@H](C)O1. The van der Waals surface area contributed by atoms with Gasteiger partial charge < -0.3 is 14.5 Å². The maximum absolute atomic E-state index is 5.75. The van der Waals surface area contributed by atoms with Gasteiger partial charge in [0.15, 0.2) is 0 Å². The Morgan fingerprint density at radius 1 is 1.16 bits per heavy atom. The monoisotopic (exact) mass is 278 g/mol. The van der Waals surface area contributed by atoms with Gasteiger partial charge in [-0.05, 0) is 38.1 Å². The highest BCUT2D eigenvalue weighted by atomic mass is 32.1. The standard InChI is InChI=1S/C15H22N2OS/c1-11-9-17(10-12(2)18-11)15(19)13-5-7-14(8-6-13)16(3)4/h5-8,11-12H,9-10H2,1-4H3/t11-,12-/m1/s1. The van der Waals surface area contributed by atoms with Crippen LogP contribution in [-0.4, -0.2) is 49.3 Å². The Kier molecular flexibility index (Phi) is 4.42. The number of hydrogen-bond acceptors (Lipinski definition) is 3. The largest absolute Gasteiger partial charge is 0.378 e. The average Bonchev–Trinajstić information content (AvgIpc) is 2.37. The molecule has 0 bridgehead atoms. The third-order valence-corrected chi connectivity index (χ3v) is 3.83. The summed E-state index contributed by atoms with van der Waals surface area (Å²) in [6.07, 6.45) is 0.477. The third-order valence-electron chi connectivity index (χ3n) is 3.34. The quantitative estimate of drug-likeness (QED) is 0.772. The predicted molar refractivity (Wildman–Crippen MR) is 84.1 cm³/mol. The van der Waals surface area contributed by atoms with Gasteiger partial charge in [-0.15, -0.1) is 0 Å². The summed E-state index contributed by atoms with van der Waals surface area (Å²) in [6, 6.07) is 8.41. The smallest absolute Gasteiger partial charge is 0.109 e. The van der Waals surface area contributed by atoms with Crippen molar-refractivity contribution in [2.24, 2.45) is 0 Å². The minimum Gasteiger partial charge on any atom is -0.378 e. The summed E-state index contributed by atoms with van der Waals surface area (Å²) in [4.78, 5) is 5.26. The molecule has 1 aliphatic heterocycles. The van der Waals surface area contributed by atoms with E-state index in [1.807, 2.05) is 14.1 Å². The number of benzene rings is 1. The zero-order valence-electron chi connectivity index (χ0n) is 12.1. The molecule has 2 atom stereocenters. The van der Waals surface area contributed by atoms with Crippen LogP contribution in [0.1, 0.15) is 19.4 Å². The van der Waals surface area contributed by atoms with Gasteiger partial charge in [0.1, 0.15) is 4.99 Å². The molecule has 1 aromatic carbocycles. The number of thiocarbonyl (C=S) groups is 1. The van der Waals surface area contributed by atoms with Gasteiger partial charge in [0.25, 0.3) is 0 Å². The number of morpholine rings is 1. The van der Waals surface area contributed by atoms with Crippen LogP contribution in [-0.2, 0) is 4.74 Å². The Bertz CT molecular complexity index is 434. The van der Waals surface area contributed by atoms with Crippen molar-refractivity contribution >= 4 is 22.9 Å². The first-order valence-corrected chi connectivity index (χ1v) is 7.10. The van der Waals surface area contributed by atoms with Gasteiger partial charge in [0.2, 0.25) is 0 Å². The van der Waals surface area contributed by atoms with Crippen molar-refractivity contribution < 1.29 is 4.74 Å². The Hall–Kier alpha value is -1.13. The fraction of sp³-hybridized carbons (Fsp3) is 0.533. The summed E-state index contributed by atoms with van der Waals surface area (Å²) in [7, 11) is 4.08. The summed E-state index contributed by atoms with van der Waals surface area (Å²) in [5, 5.41) is 0. The van der Waals surface area contributed by atoms with Crippen LogP contribution in [0.25, 0.3) is 0 Å². The molecule has 1 aromatic rings. The van der Waals surface area contributed by atoms with Gasteiger partial charge in [-0.1, -0.05) is 12.2 Å². The summed E-state index contributed by atoms with van der Waals surface area (Å²) in [5.74, 6) is 0. The zero-order valence-corrected chi connectivity index (χ0v) is 12.9. The number of hydrogen-bond donors (Lipinski definition) is 0. The van der Waals surface area contributed by atoms with E-state index < -0.39 is 0 Å². The Labute approximate surface area is 121 Å². The second-order valence-electron chi connectivity index (χ2n) is 5.41. The fourth-order valence-corrected chi connectivity index (χ4v) is 2.71. The molecular formula is C15H22N2OS. The normalized spacial score (nSPS) is 23.3. The van der Waals surface area contributed by atoms with Crippen LogP contribution in [0.4, 0.5) is 5.69 Å². The van der Waals surface area contributed by atoms with Crippen molar-refractivity contribution in [1.82, 2.24) is 4.90 Å². The van der Waals surface area contributed by atoms with E-state index in [9.17, 15) is 0 Å². The van der Waals surface area contributed by atoms with E-state index in [1.54, 1.807) is 0 Å². The van der Waals surface area contributed by atoms with Gasteiger partial charge in [-0.2, -0.15) is 0 Å². The van der Waals surface area contributed by atoms with Crippen LogP contribution in [0.2, 0.25) is 0 Å². The molecule has 2 rings (SSSR count). The lowest BCUT2D eigenvalue weighted by atomic mass is 10.1. The maximum atomic E-state index is 5.75. The van der Waals surface area contributed by atoms with Crippen LogP contribution in [0, 0.1) is 0 Å². The molecule has 19 heavy (non-hydrogen) atoms. The highest BCUT2D eigenvalue weighted by Crippen LogP contribution is 2.18. The molecule has 104 valence electrons. The molecule has 4 heteroatoms. The summed E-state index contributed by atoms with van der Waals surface area (Å²) < 4.78 is 5.75. The molecule has 0 saturated carbocycles. The van der Waals surface area contributed by atoms with Gasteiger partial charge >= 0.3 is 0 Å². The second-order valence-corrected chi connectivity index (χ2v) is 5.80. The van der Waals surface area contributed by atoms with Crippen LogP contribution >= 0.6 is 12.2 Å². The van der Waals surface area contributed by atoms with E-state index in [0.29, 0.717) is 0 Å². The van der Waals surface area contributed by atoms with Gasteiger partial charge in [0.05, 0.1) is 12.2 Å². The lowest BCUT2D eigenvalue weighted by molar-refractivity contribution is -0.0472. The van der Waals surface area contributed by atoms with Crippen LogP contribution in [0.15, 0.2) is 24.3 Å². The van der Waals surface area contributed by atoms with E-state index in [0.717, 1.165) is 23.6 Å². The van der Waals surface area contributed by atoms with E-state index in [2.05, 4.69) is 47.9 Å². The topological polar surface area (TPSA) is 15.7 Å². The van der Waals surface area contributed by atoms with Gasteiger partial charge in [0, 0.05) is 38.4 Å². The fourth-order valence-electron chi connectivity index (χ4n) is 2.43. The van der Waals surface area contributed by atoms with E-state index >= 15 is 0 Å². The molecule has 1 heterocycles. The van der Waals surface area contributed by atoms with Crippen LogP contribution < -0.4 is 4.90 Å². The molecule has 0 unspecified atom stereocenters. The molecule has 0 aliphatic carbocycles. The molecule has 0 N–H and O–H groups in total. The number of nitrogens with zero attached hydrogens (tertiary/aromatic N) is 2. The summed E-state index contributed by atoms with van der Waals surface area (Å²) in [5.41, 5.74) is 2.30. The highest BCUT2D eigenvalue weighted by molar-refractivity contribution is 7.80. The highest BCUT2D eigenvalue weighted by Gasteiger charge is 2.24. The molecule has 0 radical (unpaired) electrons. The Morgan fingerprint density at radius 3 is 2.16 bits per heavy atom. The van der Waals surface area contributed by atoms with E-state index in [-0.39, 0.29) is 12.2 Å². The van der Waals surface area contributed by atoms with E-state index in [4.69, 9.17) is 17.0 Å². The number of anilines is 1.